The van der Waals surface area contributed by atoms with E-state index in [1.807, 2.05) is 0 Å². The average Bonchev–Trinajstić information content (AvgIpc) is 2.93. The van der Waals surface area contributed by atoms with E-state index in [9.17, 15) is 10.1 Å². The second-order valence-electron chi connectivity index (χ2n) is 4.50. The van der Waals surface area contributed by atoms with Gasteiger partial charge in [-0.15, -0.1) is 0 Å². The topological polar surface area (TPSA) is 116 Å². The van der Waals surface area contributed by atoms with Crippen molar-refractivity contribution in [1.29, 1.82) is 0 Å². The number of nitro groups is 1. The molecule has 9 heteroatoms. The molecule has 3 rings (SSSR count). The summed E-state index contributed by atoms with van der Waals surface area (Å²) in [5.41, 5.74) is -0.392. The molecule has 0 spiro atoms. The molecule has 0 aliphatic rings. The van der Waals surface area contributed by atoms with Crippen molar-refractivity contribution in [2.45, 2.75) is 6.92 Å². The van der Waals surface area contributed by atoms with Crippen LogP contribution in [-0.4, -0.2) is 20.0 Å². The number of nitrogens with one attached hydrogen (secondary N) is 1. The summed E-state index contributed by atoms with van der Waals surface area (Å²) in [6.45, 7) is 1.70. The summed E-state index contributed by atoms with van der Waals surface area (Å²) in [7, 11) is 0. The van der Waals surface area contributed by atoms with E-state index < -0.39 is 10.6 Å². The van der Waals surface area contributed by atoms with Gasteiger partial charge in [-0.2, -0.15) is 4.98 Å². The lowest BCUT2D eigenvalue weighted by atomic mass is 10.3. The molecule has 0 aliphatic heterocycles. The van der Waals surface area contributed by atoms with Gasteiger partial charge >= 0.3 is 11.6 Å². The Balaban J connectivity index is 1.97. The van der Waals surface area contributed by atoms with Crippen molar-refractivity contribution in [2.75, 3.05) is 5.32 Å². The highest BCUT2D eigenvalue weighted by Crippen LogP contribution is 2.35. The van der Waals surface area contributed by atoms with E-state index in [4.69, 9.17) is 9.26 Å². The van der Waals surface area contributed by atoms with Crippen LogP contribution >= 0.6 is 0 Å². The third-order valence-electron chi connectivity index (χ3n) is 2.80. The Bertz CT molecular complexity index is 834. The summed E-state index contributed by atoms with van der Waals surface area (Å²) in [6.07, 6.45) is 1.17. The van der Waals surface area contributed by atoms with Crippen LogP contribution in [0.25, 0.3) is 0 Å². The third kappa shape index (κ3) is 3.23. The van der Waals surface area contributed by atoms with E-state index >= 15 is 0 Å². The molecule has 0 unspecified atom stereocenters. The van der Waals surface area contributed by atoms with Crippen LogP contribution in [0, 0.1) is 17.0 Å². The second-order valence-corrected chi connectivity index (χ2v) is 4.50. The number of para-hydroxylation sites is 1. The molecule has 0 aliphatic carbocycles. The van der Waals surface area contributed by atoms with E-state index in [1.54, 1.807) is 43.3 Å². The number of hydrogen-bond donors (Lipinski definition) is 1. The van der Waals surface area contributed by atoms with Crippen molar-refractivity contribution in [3.05, 3.63) is 58.6 Å². The highest BCUT2D eigenvalue weighted by molar-refractivity contribution is 5.67. The van der Waals surface area contributed by atoms with Crippen LogP contribution in [0.4, 0.5) is 17.3 Å². The fourth-order valence-corrected chi connectivity index (χ4v) is 1.84. The van der Waals surface area contributed by atoms with Crippen molar-refractivity contribution in [3.8, 4) is 11.6 Å². The monoisotopic (exact) mass is 313 g/mol. The molecule has 1 N–H and O–H groups in total. The highest BCUT2D eigenvalue weighted by Gasteiger charge is 2.25. The molecular weight excluding hydrogens is 302 g/mol. The second kappa shape index (κ2) is 6.10. The lowest BCUT2D eigenvalue weighted by molar-refractivity contribution is -0.385. The Morgan fingerprint density at radius 2 is 2.04 bits per heavy atom. The molecular formula is C14H11N5O4. The molecule has 3 aromatic rings. The molecule has 0 amide bonds. The Labute approximate surface area is 130 Å². The Morgan fingerprint density at radius 1 is 1.26 bits per heavy atom. The van der Waals surface area contributed by atoms with Crippen molar-refractivity contribution in [3.63, 3.8) is 0 Å². The molecule has 0 saturated carbocycles. The normalized spacial score (nSPS) is 10.3. The van der Waals surface area contributed by atoms with E-state index in [1.165, 1.54) is 6.33 Å². The maximum absolute atomic E-state index is 11.4. The number of hydrogen-bond acceptors (Lipinski definition) is 8. The summed E-state index contributed by atoms with van der Waals surface area (Å²) >= 11 is 0. The minimum Gasteiger partial charge on any atom is -0.434 e. The number of nitrogens with zero attached hydrogens (tertiary/aromatic N) is 4. The van der Waals surface area contributed by atoms with Crippen LogP contribution in [0.1, 0.15) is 5.76 Å². The summed E-state index contributed by atoms with van der Waals surface area (Å²) in [6, 6.07) is 10.2. The first-order chi connectivity index (χ1) is 11.1. The van der Waals surface area contributed by atoms with Gasteiger partial charge in [-0.05, 0) is 19.1 Å². The zero-order valence-electron chi connectivity index (χ0n) is 12.0. The fourth-order valence-electron chi connectivity index (χ4n) is 1.84. The van der Waals surface area contributed by atoms with Crippen LogP contribution < -0.4 is 10.1 Å². The summed E-state index contributed by atoms with van der Waals surface area (Å²) < 4.78 is 10.4. The van der Waals surface area contributed by atoms with Gasteiger partial charge in [0.1, 0.15) is 17.8 Å². The highest BCUT2D eigenvalue weighted by atomic mass is 16.6. The number of rotatable bonds is 5. The third-order valence-corrected chi connectivity index (χ3v) is 2.80. The standard InChI is InChI=1S/C14H11N5O4/c1-9-7-11(18-23-9)17-13-12(19(20)21)14(16-8-15-13)22-10-5-3-2-4-6-10/h2-8H,1H3,(H,15,16,17,18). The van der Waals surface area contributed by atoms with Gasteiger partial charge < -0.3 is 14.6 Å². The van der Waals surface area contributed by atoms with Gasteiger partial charge in [0.2, 0.25) is 5.82 Å². The molecule has 23 heavy (non-hydrogen) atoms. The first-order valence-electron chi connectivity index (χ1n) is 6.56. The smallest absolute Gasteiger partial charge is 0.373 e. The van der Waals surface area contributed by atoms with Crippen LogP contribution in [0.15, 0.2) is 47.2 Å². The molecule has 2 aromatic heterocycles. The number of aromatic nitrogens is 3. The first-order valence-corrected chi connectivity index (χ1v) is 6.56. The van der Waals surface area contributed by atoms with Crippen molar-refractivity contribution in [1.82, 2.24) is 15.1 Å². The number of benzene rings is 1. The van der Waals surface area contributed by atoms with Gasteiger partial charge in [0.05, 0.1) is 4.92 Å². The molecule has 0 atom stereocenters. The van der Waals surface area contributed by atoms with Crippen molar-refractivity contribution >= 4 is 17.3 Å². The van der Waals surface area contributed by atoms with Gasteiger partial charge in [-0.1, -0.05) is 23.4 Å². The van der Waals surface area contributed by atoms with Gasteiger partial charge in [-0.25, -0.2) is 4.98 Å². The Hall–Kier alpha value is -3.49. The van der Waals surface area contributed by atoms with Gasteiger partial charge in [0.25, 0.3) is 0 Å². The predicted octanol–water partition coefficient (Wildman–Crippen LogP) is 3.22. The van der Waals surface area contributed by atoms with Crippen LogP contribution in [0.5, 0.6) is 11.6 Å². The first kappa shape index (κ1) is 14.4. The number of aryl methyl sites for hydroxylation is 1. The van der Waals surface area contributed by atoms with Crippen molar-refractivity contribution in [2.24, 2.45) is 0 Å². The lowest BCUT2D eigenvalue weighted by Crippen LogP contribution is -2.03. The molecule has 116 valence electrons. The van der Waals surface area contributed by atoms with Crippen molar-refractivity contribution < 1.29 is 14.2 Å². The fraction of sp³-hybridized carbons (Fsp3) is 0.0714. The summed E-state index contributed by atoms with van der Waals surface area (Å²) in [4.78, 5) is 18.5. The molecule has 0 bridgehead atoms. The van der Waals surface area contributed by atoms with E-state index in [0.717, 1.165) is 0 Å². The minimum atomic E-state index is -0.618. The zero-order chi connectivity index (χ0) is 16.2. The molecule has 0 radical (unpaired) electrons. The quantitative estimate of drug-likeness (QED) is 0.563. The van der Waals surface area contributed by atoms with Crippen LogP contribution in [-0.2, 0) is 0 Å². The molecule has 1 aromatic carbocycles. The molecule has 0 saturated heterocycles. The van der Waals surface area contributed by atoms with Gasteiger partial charge in [0.15, 0.2) is 5.82 Å². The SMILES string of the molecule is Cc1cc(Nc2ncnc(Oc3ccccc3)c2[N+](=O)[O-])no1. The lowest BCUT2D eigenvalue weighted by Gasteiger charge is -2.07. The Kier molecular flexibility index (Phi) is 3.83. The maximum Gasteiger partial charge on any atom is 0.373 e. The number of ether oxygens (including phenoxy) is 1. The van der Waals surface area contributed by atoms with Crippen LogP contribution in [0.2, 0.25) is 0 Å². The van der Waals surface area contributed by atoms with E-state index in [2.05, 4.69) is 20.4 Å². The number of anilines is 2. The maximum atomic E-state index is 11.4. The zero-order valence-corrected chi connectivity index (χ0v) is 12.0. The van der Waals surface area contributed by atoms with Crippen LogP contribution in [0.3, 0.4) is 0 Å². The molecule has 0 fully saturated rings. The van der Waals surface area contributed by atoms with Gasteiger partial charge in [-0.3, -0.25) is 10.1 Å². The van der Waals surface area contributed by atoms with Gasteiger partial charge in [0, 0.05) is 6.07 Å². The minimum absolute atomic E-state index is 0.0377. The largest absolute Gasteiger partial charge is 0.434 e. The molecule has 2 heterocycles. The summed E-state index contributed by atoms with van der Waals surface area (Å²) in [5, 5.41) is 17.8. The Morgan fingerprint density at radius 3 is 2.70 bits per heavy atom. The van der Waals surface area contributed by atoms with E-state index in [-0.39, 0.29) is 11.7 Å². The average molecular weight is 313 g/mol. The van der Waals surface area contributed by atoms with E-state index in [0.29, 0.717) is 17.3 Å². The molecule has 9 nitrogen and oxygen atoms in total. The summed E-state index contributed by atoms with van der Waals surface area (Å²) in [5.74, 6) is 1.08. The predicted molar refractivity (Wildman–Crippen MR) is 79.7 cm³/mol.